The molecule has 3 nitrogen and oxygen atoms in total. The van der Waals surface area contributed by atoms with Crippen LogP contribution in [0.4, 0.5) is 0 Å². The summed E-state index contributed by atoms with van der Waals surface area (Å²) in [5.74, 6) is -0.855. The van der Waals surface area contributed by atoms with Crippen molar-refractivity contribution in [1.29, 1.82) is 0 Å². The molecule has 0 radical (unpaired) electrons. The highest BCUT2D eigenvalue weighted by atomic mass is 16.4. The molecule has 1 aromatic carbocycles. The summed E-state index contributed by atoms with van der Waals surface area (Å²) >= 11 is 0. The second kappa shape index (κ2) is 5.70. The maximum atomic E-state index is 10.4. The van der Waals surface area contributed by atoms with Gasteiger partial charge in [-0.15, -0.1) is 0 Å². The predicted molar refractivity (Wildman–Crippen MR) is 68.6 cm³/mol. The van der Waals surface area contributed by atoms with Gasteiger partial charge in [0.1, 0.15) is 5.75 Å². The zero-order chi connectivity index (χ0) is 12.8. The lowest BCUT2D eigenvalue weighted by atomic mass is 10.1. The van der Waals surface area contributed by atoms with Crippen molar-refractivity contribution in [3.8, 4) is 5.75 Å². The normalized spacial score (nSPS) is 11.1. The lowest BCUT2D eigenvalue weighted by molar-refractivity contribution is -0.131. The van der Waals surface area contributed by atoms with Gasteiger partial charge in [-0.25, -0.2) is 4.79 Å². The number of hydrogen-bond donors (Lipinski definition) is 2. The molecule has 88 valence electrons. The Kier molecular flexibility index (Phi) is 4.29. The van der Waals surface area contributed by atoms with E-state index in [0.29, 0.717) is 11.1 Å². The molecule has 0 amide bonds. The number of aromatic hydroxyl groups is 1. The number of carboxylic acid groups (broad SMARTS) is 1. The highest BCUT2D eigenvalue weighted by molar-refractivity contribution is 5.85. The molecule has 0 bridgehead atoms. The molecule has 0 aliphatic rings. The fraction of sp³-hybridized carbons (Fsp3) is 0.0714. The van der Waals surface area contributed by atoms with E-state index < -0.39 is 5.97 Å². The standard InChI is InChI=1S/C14H14O3/c1-10(2)3-6-12-9-11(4-7-13(12)15)5-8-14(16)17/h3-9,15H,1H2,2H3,(H,16,17). The number of carboxylic acids is 1. The second-order valence-corrected chi connectivity index (χ2v) is 3.67. The van der Waals surface area contributed by atoms with E-state index in [9.17, 15) is 9.90 Å². The molecular formula is C14H14O3. The first-order valence-electron chi connectivity index (χ1n) is 5.06. The smallest absolute Gasteiger partial charge is 0.328 e. The first kappa shape index (κ1) is 12.8. The number of phenolic OH excluding ortho intramolecular Hbond substituents is 1. The molecule has 3 heteroatoms. The summed E-state index contributed by atoms with van der Waals surface area (Å²) in [7, 11) is 0. The Bertz CT molecular complexity index is 496. The molecule has 17 heavy (non-hydrogen) atoms. The maximum absolute atomic E-state index is 10.4. The van der Waals surface area contributed by atoms with Gasteiger partial charge in [0, 0.05) is 11.6 Å². The van der Waals surface area contributed by atoms with Crippen LogP contribution in [0.25, 0.3) is 12.2 Å². The van der Waals surface area contributed by atoms with Crippen molar-refractivity contribution < 1.29 is 15.0 Å². The topological polar surface area (TPSA) is 57.5 Å². The summed E-state index contributed by atoms with van der Waals surface area (Å²) in [5.41, 5.74) is 2.21. The Morgan fingerprint density at radius 3 is 2.59 bits per heavy atom. The Labute approximate surface area is 100 Å². The SMILES string of the molecule is C=C(C)C=Cc1cc(C=CC(=O)O)ccc1O. The second-order valence-electron chi connectivity index (χ2n) is 3.67. The van der Waals surface area contributed by atoms with Crippen LogP contribution in [-0.4, -0.2) is 16.2 Å². The van der Waals surface area contributed by atoms with E-state index in [1.165, 1.54) is 12.1 Å². The van der Waals surface area contributed by atoms with Gasteiger partial charge in [-0.1, -0.05) is 30.4 Å². The molecule has 0 aromatic heterocycles. The minimum atomic E-state index is -1.00. The average Bonchev–Trinajstić information content (AvgIpc) is 2.26. The van der Waals surface area contributed by atoms with Crippen molar-refractivity contribution in [2.24, 2.45) is 0 Å². The van der Waals surface area contributed by atoms with Crippen LogP contribution in [0, 0.1) is 0 Å². The van der Waals surface area contributed by atoms with Gasteiger partial charge < -0.3 is 10.2 Å². The van der Waals surface area contributed by atoms with Crippen LogP contribution in [0.5, 0.6) is 5.75 Å². The van der Waals surface area contributed by atoms with E-state index in [2.05, 4.69) is 6.58 Å². The lowest BCUT2D eigenvalue weighted by Crippen LogP contribution is -1.86. The van der Waals surface area contributed by atoms with Crippen molar-refractivity contribution in [3.63, 3.8) is 0 Å². The molecule has 1 rings (SSSR count). The van der Waals surface area contributed by atoms with Gasteiger partial charge in [0.15, 0.2) is 0 Å². The van der Waals surface area contributed by atoms with Crippen molar-refractivity contribution in [1.82, 2.24) is 0 Å². The quantitative estimate of drug-likeness (QED) is 0.617. The number of hydrogen-bond acceptors (Lipinski definition) is 2. The van der Waals surface area contributed by atoms with E-state index >= 15 is 0 Å². The fourth-order valence-corrected chi connectivity index (χ4v) is 1.21. The molecule has 2 N–H and O–H groups in total. The average molecular weight is 230 g/mol. The van der Waals surface area contributed by atoms with Gasteiger partial charge in [-0.3, -0.25) is 0 Å². The summed E-state index contributed by atoms with van der Waals surface area (Å²) in [6, 6.07) is 4.88. The van der Waals surface area contributed by atoms with Gasteiger partial charge in [0.2, 0.25) is 0 Å². The van der Waals surface area contributed by atoms with Crippen LogP contribution < -0.4 is 0 Å². The van der Waals surface area contributed by atoms with E-state index in [-0.39, 0.29) is 5.75 Å². The number of carbonyl (C=O) groups is 1. The van der Waals surface area contributed by atoms with Gasteiger partial charge in [-0.05, 0) is 30.7 Å². The fourth-order valence-electron chi connectivity index (χ4n) is 1.21. The van der Waals surface area contributed by atoms with Crippen molar-refractivity contribution in [2.45, 2.75) is 6.92 Å². The van der Waals surface area contributed by atoms with E-state index in [1.54, 1.807) is 24.3 Å². The third-order valence-electron chi connectivity index (χ3n) is 2.02. The minimum absolute atomic E-state index is 0.148. The molecule has 0 aliphatic carbocycles. The first-order chi connectivity index (χ1) is 7.99. The Morgan fingerprint density at radius 1 is 1.29 bits per heavy atom. The molecule has 0 atom stereocenters. The minimum Gasteiger partial charge on any atom is -0.507 e. The van der Waals surface area contributed by atoms with Crippen molar-refractivity contribution >= 4 is 18.1 Å². The third-order valence-corrected chi connectivity index (χ3v) is 2.02. The number of aliphatic carboxylic acids is 1. The van der Waals surface area contributed by atoms with Crippen molar-refractivity contribution in [2.75, 3.05) is 0 Å². The van der Waals surface area contributed by atoms with Crippen LogP contribution in [0.2, 0.25) is 0 Å². The molecule has 0 spiro atoms. The monoisotopic (exact) mass is 230 g/mol. The number of benzene rings is 1. The molecular weight excluding hydrogens is 216 g/mol. The summed E-state index contributed by atoms with van der Waals surface area (Å²) in [6.07, 6.45) is 6.04. The number of allylic oxidation sites excluding steroid dienone is 2. The zero-order valence-corrected chi connectivity index (χ0v) is 9.55. The van der Waals surface area contributed by atoms with Crippen LogP contribution >= 0.6 is 0 Å². The van der Waals surface area contributed by atoms with Gasteiger partial charge >= 0.3 is 5.97 Å². The molecule has 0 aliphatic heterocycles. The third kappa shape index (κ3) is 4.38. The maximum Gasteiger partial charge on any atom is 0.328 e. The van der Waals surface area contributed by atoms with E-state index in [1.807, 2.05) is 6.92 Å². The summed E-state index contributed by atoms with van der Waals surface area (Å²) in [6.45, 7) is 5.57. The zero-order valence-electron chi connectivity index (χ0n) is 9.55. The summed E-state index contributed by atoms with van der Waals surface area (Å²) in [4.78, 5) is 10.4. The van der Waals surface area contributed by atoms with E-state index in [0.717, 1.165) is 11.6 Å². The Balaban J connectivity index is 3.02. The lowest BCUT2D eigenvalue weighted by Gasteiger charge is -2.01. The summed E-state index contributed by atoms with van der Waals surface area (Å²) < 4.78 is 0. The van der Waals surface area contributed by atoms with Crippen LogP contribution in [0.15, 0.2) is 42.5 Å². The van der Waals surface area contributed by atoms with Gasteiger partial charge in [0.25, 0.3) is 0 Å². The molecule has 0 fully saturated rings. The Morgan fingerprint density at radius 2 is 2.00 bits per heavy atom. The molecule has 0 saturated carbocycles. The number of phenols is 1. The predicted octanol–water partition coefficient (Wildman–Crippen LogP) is 3.08. The first-order valence-corrected chi connectivity index (χ1v) is 5.06. The largest absolute Gasteiger partial charge is 0.507 e. The highest BCUT2D eigenvalue weighted by Gasteiger charge is 1.98. The van der Waals surface area contributed by atoms with Gasteiger partial charge in [-0.2, -0.15) is 0 Å². The molecule has 0 heterocycles. The molecule has 1 aromatic rings. The molecule has 0 saturated heterocycles. The van der Waals surface area contributed by atoms with E-state index in [4.69, 9.17) is 5.11 Å². The highest BCUT2D eigenvalue weighted by Crippen LogP contribution is 2.21. The number of rotatable bonds is 4. The van der Waals surface area contributed by atoms with Gasteiger partial charge in [0.05, 0.1) is 0 Å². The molecule has 0 unspecified atom stereocenters. The Hall–Kier alpha value is -2.29. The van der Waals surface area contributed by atoms with Crippen molar-refractivity contribution in [3.05, 3.63) is 53.6 Å². The summed E-state index contributed by atoms with van der Waals surface area (Å²) in [5, 5.41) is 18.1. The van der Waals surface area contributed by atoms with Crippen LogP contribution in [0.1, 0.15) is 18.1 Å². The van der Waals surface area contributed by atoms with Crippen LogP contribution in [0.3, 0.4) is 0 Å². The van der Waals surface area contributed by atoms with Crippen LogP contribution in [-0.2, 0) is 4.79 Å².